The predicted molar refractivity (Wildman–Crippen MR) is 116 cm³/mol. The first-order chi connectivity index (χ1) is 13.9. The Kier molecular flexibility index (Phi) is 5.32. The molecule has 1 aliphatic rings. The van der Waals surface area contributed by atoms with E-state index in [-0.39, 0.29) is 6.04 Å². The maximum Gasteiger partial charge on any atom is 0.232 e. The van der Waals surface area contributed by atoms with Crippen LogP contribution in [0.5, 0.6) is 0 Å². The molecule has 0 aliphatic carbocycles. The summed E-state index contributed by atoms with van der Waals surface area (Å²) in [5.74, 6) is 1.97. The minimum atomic E-state index is 0.282. The normalized spacial score (nSPS) is 14.7. The van der Waals surface area contributed by atoms with Crippen LogP contribution in [0.15, 0.2) is 28.7 Å². The summed E-state index contributed by atoms with van der Waals surface area (Å²) in [6.07, 6.45) is 0. The smallest absolute Gasteiger partial charge is 0.232 e. The third-order valence-corrected chi connectivity index (χ3v) is 5.60. The van der Waals surface area contributed by atoms with Crippen LogP contribution in [0, 0.1) is 13.8 Å². The SMILES string of the molecule is Cc1oc2nc(CN(c3ccc(N4CCOCC4)cc3)C(C)C)nc(N)c2c1C. The molecule has 1 fully saturated rings. The fraction of sp³-hybridized carbons (Fsp3) is 0.455. The quantitative estimate of drug-likeness (QED) is 0.706. The monoisotopic (exact) mass is 395 g/mol. The molecule has 0 saturated carbocycles. The number of hydrogen-bond acceptors (Lipinski definition) is 7. The number of nitrogens with two attached hydrogens (primary N) is 1. The Labute approximate surface area is 171 Å². The van der Waals surface area contributed by atoms with E-state index < -0.39 is 0 Å². The van der Waals surface area contributed by atoms with E-state index in [9.17, 15) is 0 Å². The lowest BCUT2D eigenvalue weighted by atomic mass is 10.2. The maximum atomic E-state index is 6.22. The van der Waals surface area contributed by atoms with Gasteiger partial charge in [0, 0.05) is 36.1 Å². The van der Waals surface area contributed by atoms with E-state index in [1.807, 2.05) is 13.8 Å². The number of benzene rings is 1. The van der Waals surface area contributed by atoms with Crippen LogP contribution in [0.3, 0.4) is 0 Å². The summed E-state index contributed by atoms with van der Waals surface area (Å²) in [4.78, 5) is 13.8. The third kappa shape index (κ3) is 3.87. The number of fused-ring (bicyclic) bond motifs is 1. The van der Waals surface area contributed by atoms with Gasteiger partial charge in [-0.1, -0.05) is 0 Å². The molecule has 0 unspecified atom stereocenters. The highest BCUT2D eigenvalue weighted by Crippen LogP contribution is 2.29. The zero-order chi connectivity index (χ0) is 20.5. The largest absolute Gasteiger partial charge is 0.443 e. The summed E-state index contributed by atoms with van der Waals surface area (Å²) >= 11 is 0. The number of furan rings is 1. The molecule has 0 atom stereocenters. The highest BCUT2D eigenvalue weighted by molar-refractivity contribution is 5.88. The topological polar surface area (TPSA) is 80.7 Å². The van der Waals surface area contributed by atoms with Gasteiger partial charge >= 0.3 is 0 Å². The first kappa shape index (κ1) is 19.5. The molecule has 3 aromatic rings. The molecule has 3 heterocycles. The second kappa shape index (κ2) is 7.91. The lowest BCUT2D eigenvalue weighted by molar-refractivity contribution is 0.122. The molecular weight excluding hydrogens is 366 g/mol. The van der Waals surface area contributed by atoms with Crippen LogP contribution in [-0.4, -0.2) is 42.3 Å². The summed E-state index contributed by atoms with van der Waals surface area (Å²) in [7, 11) is 0. The maximum absolute atomic E-state index is 6.22. The van der Waals surface area contributed by atoms with Crippen molar-refractivity contribution in [1.82, 2.24) is 9.97 Å². The zero-order valence-electron chi connectivity index (χ0n) is 17.6. The number of hydrogen-bond donors (Lipinski definition) is 1. The van der Waals surface area contributed by atoms with Crippen molar-refractivity contribution in [1.29, 1.82) is 0 Å². The van der Waals surface area contributed by atoms with Gasteiger partial charge in [0.25, 0.3) is 0 Å². The number of morpholine rings is 1. The molecule has 0 amide bonds. The average Bonchev–Trinajstić information content (AvgIpc) is 3.01. The molecule has 0 spiro atoms. The van der Waals surface area contributed by atoms with Crippen molar-refractivity contribution in [2.75, 3.05) is 41.8 Å². The summed E-state index contributed by atoms with van der Waals surface area (Å²) < 4.78 is 11.2. The van der Waals surface area contributed by atoms with Gasteiger partial charge in [-0.2, -0.15) is 4.98 Å². The Balaban J connectivity index is 1.59. The Morgan fingerprint density at radius 3 is 2.45 bits per heavy atom. The van der Waals surface area contributed by atoms with E-state index >= 15 is 0 Å². The third-order valence-electron chi connectivity index (χ3n) is 5.60. The number of aromatic nitrogens is 2. The Morgan fingerprint density at radius 2 is 1.79 bits per heavy atom. The summed E-state index contributed by atoms with van der Waals surface area (Å²) in [6.45, 7) is 12.2. The standard InChI is InChI=1S/C22H29N5O2/c1-14(2)27(18-7-5-17(6-8-18)26-9-11-28-12-10-26)13-19-24-21(23)20-15(3)16(4)29-22(20)25-19/h5-8,14H,9-13H2,1-4H3,(H2,23,24,25). The number of nitrogens with zero attached hydrogens (tertiary/aromatic N) is 4. The molecule has 1 aromatic carbocycles. The molecule has 7 nitrogen and oxygen atoms in total. The van der Waals surface area contributed by atoms with Crippen molar-refractivity contribution in [2.24, 2.45) is 0 Å². The van der Waals surface area contributed by atoms with Gasteiger partial charge in [0.05, 0.1) is 25.1 Å². The molecule has 0 bridgehead atoms. The second-order valence-corrected chi connectivity index (χ2v) is 7.83. The van der Waals surface area contributed by atoms with Crippen molar-refractivity contribution in [3.63, 3.8) is 0 Å². The van der Waals surface area contributed by atoms with Crippen LogP contribution >= 0.6 is 0 Å². The van der Waals surface area contributed by atoms with Gasteiger partial charge in [-0.25, -0.2) is 4.98 Å². The number of aryl methyl sites for hydroxylation is 2. The molecule has 4 rings (SSSR count). The van der Waals surface area contributed by atoms with Gasteiger partial charge in [0.1, 0.15) is 11.6 Å². The van der Waals surface area contributed by atoms with Crippen molar-refractivity contribution in [3.05, 3.63) is 41.4 Å². The lowest BCUT2D eigenvalue weighted by Crippen LogP contribution is -2.36. The summed E-state index contributed by atoms with van der Waals surface area (Å²) in [6, 6.07) is 8.95. The van der Waals surface area contributed by atoms with Gasteiger partial charge in [0.2, 0.25) is 5.71 Å². The highest BCUT2D eigenvalue weighted by atomic mass is 16.5. The van der Waals surface area contributed by atoms with E-state index in [1.54, 1.807) is 0 Å². The molecule has 154 valence electrons. The first-order valence-corrected chi connectivity index (χ1v) is 10.2. The van der Waals surface area contributed by atoms with E-state index in [2.05, 4.69) is 57.9 Å². The fourth-order valence-electron chi connectivity index (χ4n) is 3.80. The van der Waals surface area contributed by atoms with Crippen LogP contribution < -0.4 is 15.5 Å². The Hall–Kier alpha value is -2.80. The van der Waals surface area contributed by atoms with Crippen molar-refractivity contribution >= 4 is 28.3 Å². The van der Waals surface area contributed by atoms with E-state index in [0.29, 0.717) is 23.9 Å². The number of anilines is 3. The van der Waals surface area contributed by atoms with Crippen LogP contribution in [-0.2, 0) is 11.3 Å². The van der Waals surface area contributed by atoms with Gasteiger partial charge in [-0.05, 0) is 52.0 Å². The predicted octanol–water partition coefficient (Wildman–Crippen LogP) is 3.67. The Morgan fingerprint density at radius 1 is 1.10 bits per heavy atom. The van der Waals surface area contributed by atoms with Crippen LogP contribution in [0.2, 0.25) is 0 Å². The molecular formula is C22H29N5O2. The van der Waals surface area contributed by atoms with E-state index in [1.165, 1.54) is 5.69 Å². The van der Waals surface area contributed by atoms with Gasteiger partial charge < -0.3 is 24.7 Å². The Bertz CT molecular complexity index is 991. The molecule has 2 aromatic heterocycles. The molecule has 1 saturated heterocycles. The second-order valence-electron chi connectivity index (χ2n) is 7.83. The lowest BCUT2D eigenvalue weighted by Gasteiger charge is -2.31. The van der Waals surface area contributed by atoms with Crippen LogP contribution in [0.25, 0.3) is 11.1 Å². The number of rotatable bonds is 5. The van der Waals surface area contributed by atoms with Gasteiger partial charge in [0.15, 0.2) is 5.82 Å². The molecule has 2 N–H and O–H groups in total. The van der Waals surface area contributed by atoms with Crippen molar-refractivity contribution in [2.45, 2.75) is 40.3 Å². The van der Waals surface area contributed by atoms with Gasteiger partial charge in [-0.3, -0.25) is 0 Å². The zero-order valence-corrected chi connectivity index (χ0v) is 17.6. The number of nitrogen functional groups attached to an aromatic ring is 1. The minimum absolute atomic E-state index is 0.282. The summed E-state index contributed by atoms with van der Waals surface area (Å²) in [5, 5.41) is 0.817. The molecule has 7 heteroatoms. The molecule has 1 aliphatic heterocycles. The van der Waals surface area contributed by atoms with Crippen molar-refractivity contribution < 1.29 is 9.15 Å². The molecule has 0 radical (unpaired) electrons. The number of ether oxygens (including phenoxy) is 1. The van der Waals surface area contributed by atoms with Gasteiger partial charge in [-0.15, -0.1) is 0 Å². The highest BCUT2D eigenvalue weighted by Gasteiger charge is 2.18. The average molecular weight is 396 g/mol. The summed E-state index contributed by atoms with van der Waals surface area (Å²) in [5.41, 5.74) is 10.1. The van der Waals surface area contributed by atoms with Crippen LogP contribution in [0.4, 0.5) is 17.2 Å². The van der Waals surface area contributed by atoms with Crippen LogP contribution in [0.1, 0.15) is 31.0 Å². The van der Waals surface area contributed by atoms with Crippen molar-refractivity contribution in [3.8, 4) is 0 Å². The van der Waals surface area contributed by atoms with E-state index in [4.69, 9.17) is 14.9 Å². The van der Waals surface area contributed by atoms with E-state index in [0.717, 1.165) is 48.7 Å². The first-order valence-electron chi connectivity index (χ1n) is 10.2. The minimum Gasteiger partial charge on any atom is -0.443 e. The molecule has 29 heavy (non-hydrogen) atoms. The fourth-order valence-corrected chi connectivity index (χ4v) is 3.80.